The number of halogens is 1. The quantitative estimate of drug-likeness (QED) is 0.869. The first-order chi connectivity index (χ1) is 12.5. The van der Waals surface area contributed by atoms with Crippen molar-refractivity contribution in [2.45, 2.75) is 19.4 Å². The van der Waals surface area contributed by atoms with Crippen molar-refractivity contribution in [2.24, 2.45) is 0 Å². The minimum atomic E-state index is -0.582. The predicted octanol–water partition coefficient (Wildman–Crippen LogP) is 3.49. The average Bonchev–Trinajstić information content (AvgIpc) is 2.62. The maximum Gasteiger partial charge on any atom is 0.267 e. The van der Waals surface area contributed by atoms with Crippen LogP contribution in [0.4, 0.5) is 11.4 Å². The summed E-state index contributed by atoms with van der Waals surface area (Å²) in [5.74, 6) is 0.743. The van der Waals surface area contributed by atoms with E-state index in [-0.39, 0.29) is 24.8 Å². The average molecular weight is 375 g/mol. The van der Waals surface area contributed by atoms with Gasteiger partial charge in [0.1, 0.15) is 11.5 Å². The Bertz CT molecular complexity index is 840. The number of carbonyl (C=O) groups excluding carboxylic acids is 2. The number of para-hydroxylation sites is 2. The molecule has 0 aliphatic carbocycles. The van der Waals surface area contributed by atoms with E-state index < -0.39 is 6.10 Å². The van der Waals surface area contributed by atoms with Crippen molar-refractivity contribution >= 4 is 34.8 Å². The number of fused-ring (bicyclic) bond motifs is 1. The van der Waals surface area contributed by atoms with Crippen LogP contribution in [0, 0.1) is 0 Å². The van der Waals surface area contributed by atoms with E-state index in [1.807, 2.05) is 18.2 Å². The Balaban J connectivity index is 1.70. The monoisotopic (exact) mass is 374 g/mol. The van der Waals surface area contributed by atoms with Gasteiger partial charge in [-0.2, -0.15) is 0 Å². The van der Waals surface area contributed by atoms with Crippen LogP contribution >= 0.6 is 11.6 Å². The number of methoxy groups -OCH3 is 1. The van der Waals surface area contributed by atoms with Gasteiger partial charge in [0.2, 0.25) is 5.91 Å². The second-order valence-corrected chi connectivity index (χ2v) is 6.30. The molecule has 6 nitrogen and oxygen atoms in total. The number of amides is 2. The molecule has 26 heavy (non-hydrogen) atoms. The maximum atomic E-state index is 12.4. The van der Waals surface area contributed by atoms with Crippen molar-refractivity contribution in [1.29, 1.82) is 0 Å². The molecule has 1 unspecified atom stereocenters. The molecule has 7 heteroatoms. The van der Waals surface area contributed by atoms with Crippen LogP contribution in [-0.2, 0) is 9.59 Å². The molecule has 2 aromatic rings. The first-order valence-electron chi connectivity index (χ1n) is 8.20. The summed E-state index contributed by atoms with van der Waals surface area (Å²) in [6, 6.07) is 12.3. The third kappa shape index (κ3) is 3.75. The Kier molecular flexibility index (Phi) is 5.32. The zero-order chi connectivity index (χ0) is 18.7. The summed E-state index contributed by atoms with van der Waals surface area (Å²) >= 11 is 5.97. The fourth-order valence-corrected chi connectivity index (χ4v) is 2.97. The van der Waals surface area contributed by atoms with Gasteiger partial charge in [0, 0.05) is 18.0 Å². The van der Waals surface area contributed by atoms with Crippen molar-refractivity contribution in [3.05, 3.63) is 47.5 Å². The highest BCUT2D eigenvalue weighted by Gasteiger charge is 2.31. The van der Waals surface area contributed by atoms with Crippen LogP contribution in [-0.4, -0.2) is 31.6 Å². The second-order valence-electron chi connectivity index (χ2n) is 5.86. The first kappa shape index (κ1) is 18.1. The van der Waals surface area contributed by atoms with Crippen LogP contribution in [0.3, 0.4) is 0 Å². The zero-order valence-corrected chi connectivity index (χ0v) is 15.2. The number of nitrogens with one attached hydrogen (secondary N) is 1. The summed E-state index contributed by atoms with van der Waals surface area (Å²) in [7, 11) is 1.52. The van der Waals surface area contributed by atoms with E-state index in [9.17, 15) is 9.59 Å². The fraction of sp³-hybridized carbons (Fsp3) is 0.263. The van der Waals surface area contributed by atoms with Gasteiger partial charge in [-0.1, -0.05) is 23.7 Å². The Morgan fingerprint density at radius 3 is 2.85 bits per heavy atom. The van der Waals surface area contributed by atoms with Crippen molar-refractivity contribution in [3.63, 3.8) is 0 Å². The van der Waals surface area contributed by atoms with Gasteiger partial charge in [0.15, 0.2) is 6.10 Å². The van der Waals surface area contributed by atoms with E-state index in [1.165, 1.54) is 7.11 Å². The van der Waals surface area contributed by atoms with E-state index in [0.29, 0.717) is 27.9 Å². The molecule has 0 bridgehead atoms. The van der Waals surface area contributed by atoms with E-state index in [2.05, 4.69) is 5.32 Å². The number of carbonyl (C=O) groups is 2. The highest BCUT2D eigenvalue weighted by molar-refractivity contribution is 6.31. The van der Waals surface area contributed by atoms with Crippen LogP contribution in [0.25, 0.3) is 0 Å². The SMILES string of the molecule is COc1ccc(Cl)cc1NC(=O)CCN1C(=O)C(C)Oc2ccccc21. The molecule has 136 valence electrons. The largest absolute Gasteiger partial charge is 0.495 e. The molecule has 2 amide bonds. The number of anilines is 2. The van der Waals surface area contributed by atoms with Gasteiger partial charge in [-0.05, 0) is 37.3 Å². The molecule has 2 aromatic carbocycles. The highest BCUT2D eigenvalue weighted by Crippen LogP contribution is 2.34. The molecule has 1 N–H and O–H groups in total. The number of rotatable bonds is 5. The molecule has 0 saturated heterocycles. The first-order valence-corrected chi connectivity index (χ1v) is 8.58. The predicted molar refractivity (Wildman–Crippen MR) is 100 cm³/mol. The highest BCUT2D eigenvalue weighted by atomic mass is 35.5. The van der Waals surface area contributed by atoms with Gasteiger partial charge in [-0.25, -0.2) is 0 Å². The van der Waals surface area contributed by atoms with Crippen molar-refractivity contribution in [3.8, 4) is 11.5 Å². The lowest BCUT2D eigenvalue weighted by Gasteiger charge is -2.32. The van der Waals surface area contributed by atoms with Gasteiger partial charge >= 0.3 is 0 Å². The Hall–Kier alpha value is -2.73. The molecule has 0 saturated carbocycles. The molecule has 3 rings (SSSR count). The third-order valence-corrected chi connectivity index (χ3v) is 4.31. The molecule has 0 spiro atoms. The van der Waals surface area contributed by atoms with Crippen molar-refractivity contribution in [1.82, 2.24) is 0 Å². The third-order valence-electron chi connectivity index (χ3n) is 4.07. The summed E-state index contributed by atoms with van der Waals surface area (Å²) in [5, 5.41) is 3.27. The summed E-state index contributed by atoms with van der Waals surface area (Å²) in [6.45, 7) is 1.94. The molecule has 0 aromatic heterocycles. The van der Waals surface area contributed by atoms with E-state index >= 15 is 0 Å². The van der Waals surface area contributed by atoms with Gasteiger partial charge in [-0.3, -0.25) is 9.59 Å². The molecule has 1 heterocycles. The van der Waals surface area contributed by atoms with Crippen LogP contribution in [0.5, 0.6) is 11.5 Å². The Labute approximate surface area is 156 Å². The second kappa shape index (κ2) is 7.66. The van der Waals surface area contributed by atoms with E-state index in [1.54, 1.807) is 36.1 Å². The maximum absolute atomic E-state index is 12.4. The van der Waals surface area contributed by atoms with Crippen LogP contribution < -0.4 is 19.7 Å². The summed E-state index contributed by atoms with van der Waals surface area (Å²) in [5.41, 5.74) is 1.16. The molecular formula is C19H19ClN2O4. The lowest BCUT2D eigenvalue weighted by molar-refractivity contribution is -0.125. The van der Waals surface area contributed by atoms with Gasteiger partial charge < -0.3 is 19.7 Å². The van der Waals surface area contributed by atoms with Crippen molar-refractivity contribution in [2.75, 3.05) is 23.9 Å². The standard InChI is InChI=1S/C19H19ClN2O4/c1-12-19(24)22(15-5-3-4-6-17(15)26-12)10-9-18(23)21-14-11-13(20)7-8-16(14)25-2/h3-8,11-12H,9-10H2,1-2H3,(H,21,23). The van der Waals surface area contributed by atoms with Crippen LogP contribution in [0.15, 0.2) is 42.5 Å². The normalized spacial score (nSPS) is 15.9. The van der Waals surface area contributed by atoms with Crippen LogP contribution in [0.2, 0.25) is 5.02 Å². The zero-order valence-electron chi connectivity index (χ0n) is 14.5. The topological polar surface area (TPSA) is 67.9 Å². The molecule has 0 radical (unpaired) electrons. The molecule has 1 atom stereocenters. The minimum Gasteiger partial charge on any atom is -0.495 e. The lowest BCUT2D eigenvalue weighted by Crippen LogP contribution is -2.45. The number of hydrogen-bond acceptors (Lipinski definition) is 4. The number of ether oxygens (including phenoxy) is 2. The minimum absolute atomic E-state index is 0.127. The Morgan fingerprint density at radius 2 is 2.08 bits per heavy atom. The van der Waals surface area contributed by atoms with Crippen molar-refractivity contribution < 1.29 is 19.1 Å². The lowest BCUT2D eigenvalue weighted by atomic mass is 10.1. The Morgan fingerprint density at radius 1 is 1.31 bits per heavy atom. The molecule has 0 fully saturated rings. The molecule has 1 aliphatic rings. The summed E-state index contributed by atoms with van der Waals surface area (Å²) in [4.78, 5) is 26.4. The van der Waals surface area contributed by atoms with Gasteiger partial charge in [0.25, 0.3) is 5.91 Å². The smallest absolute Gasteiger partial charge is 0.267 e. The van der Waals surface area contributed by atoms with Crippen LogP contribution in [0.1, 0.15) is 13.3 Å². The summed E-state index contributed by atoms with van der Waals surface area (Å²) < 4.78 is 10.8. The number of benzene rings is 2. The van der Waals surface area contributed by atoms with E-state index in [4.69, 9.17) is 21.1 Å². The van der Waals surface area contributed by atoms with Gasteiger partial charge in [0.05, 0.1) is 18.5 Å². The fourth-order valence-electron chi connectivity index (χ4n) is 2.79. The van der Waals surface area contributed by atoms with Gasteiger partial charge in [-0.15, -0.1) is 0 Å². The summed E-state index contributed by atoms with van der Waals surface area (Å²) in [6.07, 6.45) is -0.455. The number of hydrogen-bond donors (Lipinski definition) is 1. The van der Waals surface area contributed by atoms with E-state index in [0.717, 1.165) is 0 Å². The molecule has 1 aliphatic heterocycles. The molecular weight excluding hydrogens is 356 g/mol. The number of nitrogens with zero attached hydrogens (tertiary/aromatic N) is 1.